The van der Waals surface area contributed by atoms with Crippen molar-refractivity contribution in [1.82, 2.24) is 5.32 Å². The van der Waals surface area contributed by atoms with E-state index in [4.69, 9.17) is 0 Å². The summed E-state index contributed by atoms with van der Waals surface area (Å²) >= 11 is 0. The van der Waals surface area contributed by atoms with Crippen LogP contribution in [0.2, 0.25) is 0 Å². The van der Waals surface area contributed by atoms with Gasteiger partial charge in [0.15, 0.2) is 0 Å². The summed E-state index contributed by atoms with van der Waals surface area (Å²) in [6.45, 7) is 0.146. The molecule has 0 unspecified atom stereocenters. The SMILES string of the molecule is O=C(Cc1ccccc1)NCCC(=O)Nc1cccc(C(=O)Nc2cccc(C(F)(F)F)c2)c1. The average Bonchev–Trinajstić information content (AvgIpc) is 2.79. The van der Waals surface area contributed by atoms with E-state index in [9.17, 15) is 27.6 Å². The summed E-state index contributed by atoms with van der Waals surface area (Å²) in [6, 6.07) is 19.5. The lowest BCUT2D eigenvalue weighted by atomic mass is 10.1. The normalized spacial score (nSPS) is 10.9. The first-order chi connectivity index (χ1) is 16.2. The van der Waals surface area contributed by atoms with Gasteiger partial charge in [-0.05, 0) is 42.0 Å². The van der Waals surface area contributed by atoms with Crippen LogP contribution in [0, 0.1) is 0 Å². The standard InChI is InChI=1S/C25H22F3N3O3/c26-25(27,28)19-9-5-11-21(16-19)31-24(34)18-8-4-10-20(15-18)30-22(32)12-13-29-23(33)14-17-6-2-1-3-7-17/h1-11,15-16H,12-14H2,(H,29,33)(H,30,32)(H,31,34). The summed E-state index contributed by atoms with van der Waals surface area (Å²) in [5, 5.41) is 7.73. The molecule has 0 fully saturated rings. The van der Waals surface area contributed by atoms with Crippen LogP contribution in [-0.2, 0) is 22.2 Å². The van der Waals surface area contributed by atoms with Crippen molar-refractivity contribution >= 4 is 29.1 Å². The molecule has 0 saturated carbocycles. The van der Waals surface area contributed by atoms with Crippen LogP contribution in [0.1, 0.15) is 27.9 Å². The average molecular weight is 469 g/mol. The molecule has 3 N–H and O–H groups in total. The highest BCUT2D eigenvalue weighted by Crippen LogP contribution is 2.30. The summed E-state index contributed by atoms with van der Waals surface area (Å²) in [5.74, 6) is -1.19. The number of carbonyl (C=O) groups is 3. The highest BCUT2D eigenvalue weighted by molar-refractivity contribution is 6.05. The molecular weight excluding hydrogens is 447 g/mol. The van der Waals surface area contributed by atoms with Crippen molar-refractivity contribution in [3.05, 3.63) is 95.6 Å². The monoisotopic (exact) mass is 469 g/mol. The number of carbonyl (C=O) groups excluding carboxylic acids is 3. The second-order valence-electron chi connectivity index (χ2n) is 7.42. The minimum absolute atomic E-state index is 0.000470. The Morgan fingerprint density at radius 3 is 2.12 bits per heavy atom. The molecule has 6 nitrogen and oxygen atoms in total. The fourth-order valence-corrected chi connectivity index (χ4v) is 3.10. The van der Waals surface area contributed by atoms with Crippen molar-refractivity contribution in [2.75, 3.05) is 17.2 Å². The first-order valence-corrected chi connectivity index (χ1v) is 10.4. The van der Waals surface area contributed by atoms with Crippen LogP contribution in [0.15, 0.2) is 78.9 Å². The third-order valence-corrected chi connectivity index (χ3v) is 4.74. The van der Waals surface area contributed by atoms with Gasteiger partial charge in [0.1, 0.15) is 0 Å². The number of benzene rings is 3. The smallest absolute Gasteiger partial charge is 0.355 e. The zero-order valence-corrected chi connectivity index (χ0v) is 18.0. The van der Waals surface area contributed by atoms with Crippen LogP contribution in [-0.4, -0.2) is 24.3 Å². The predicted octanol–water partition coefficient (Wildman–Crippen LogP) is 4.65. The van der Waals surface area contributed by atoms with Crippen molar-refractivity contribution in [1.29, 1.82) is 0 Å². The van der Waals surface area contributed by atoms with E-state index in [2.05, 4.69) is 16.0 Å². The largest absolute Gasteiger partial charge is 0.416 e. The van der Waals surface area contributed by atoms with E-state index in [0.717, 1.165) is 17.7 Å². The molecule has 0 aliphatic rings. The number of halogens is 3. The van der Waals surface area contributed by atoms with Crippen LogP contribution in [0.3, 0.4) is 0 Å². The maximum atomic E-state index is 12.9. The van der Waals surface area contributed by atoms with Gasteiger partial charge < -0.3 is 16.0 Å². The fourth-order valence-electron chi connectivity index (χ4n) is 3.10. The fraction of sp³-hybridized carbons (Fsp3) is 0.160. The number of hydrogen-bond acceptors (Lipinski definition) is 3. The van der Waals surface area contributed by atoms with E-state index in [1.54, 1.807) is 6.07 Å². The Bertz CT molecular complexity index is 1160. The number of amides is 3. The molecule has 176 valence electrons. The molecule has 3 amide bonds. The van der Waals surface area contributed by atoms with Crippen molar-refractivity contribution in [3.63, 3.8) is 0 Å². The van der Waals surface area contributed by atoms with Gasteiger partial charge in [0.05, 0.1) is 12.0 Å². The first-order valence-electron chi connectivity index (χ1n) is 10.4. The molecule has 0 radical (unpaired) electrons. The topological polar surface area (TPSA) is 87.3 Å². The molecule has 0 aromatic heterocycles. The van der Waals surface area contributed by atoms with Crippen molar-refractivity contribution in [2.24, 2.45) is 0 Å². The Morgan fingerprint density at radius 2 is 1.41 bits per heavy atom. The zero-order chi connectivity index (χ0) is 24.6. The second kappa shape index (κ2) is 11.1. The van der Waals surface area contributed by atoms with Gasteiger partial charge in [-0.2, -0.15) is 13.2 Å². The van der Waals surface area contributed by atoms with E-state index in [0.29, 0.717) is 5.69 Å². The van der Waals surface area contributed by atoms with Gasteiger partial charge in [-0.1, -0.05) is 42.5 Å². The van der Waals surface area contributed by atoms with Crippen molar-refractivity contribution in [2.45, 2.75) is 19.0 Å². The number of alkyl halides is 3. The van der Waals surface area contributed by atoms with Crippen LogP contribution >= 0.6 is 0 Å². The quantitative estimate of drug-likeness (QED) is 0.449. The van der Waals surface area contributed by atoms with Crippen molar-refractivity contribution in [3.8, 4) is 0 Å². The highest BCUT2D eigenvalue weighted by atomic mass is 19.4. The Hall–Kier alpha value is -4.14. The van der Waals surface area contributed by atoms with Crippen LogP contribution in [0.4, 0.5) is 24.5 Å². The van der Waals surface area contributed by atoms with Gasteiger partial charge in [-0.15, -0.1) is 0 Å². The molecule has 0 aliphatic heterocycles. The number of rotatable bonds is 8. The molecule has 0 bridgehead atoms. The van der Waals surface area contributed by atoms with Gasteiger partial charge in [0.25, 0.3) is 5.91 Å². The Labute approximate surface area is 194 Å². The minimum atomic E-state index is -4.52. The molecule has 0 saturated heterocycles. The first kappa shape index (κ1) is 24.5. The maximum absolute atomic E-state index is 12.9. The summed E-state index contributed by atoms with van der Waals surface area (Å²) in [7, 11) is 0. The van der Waals surface area contributed by atoms with E-state index < -0.39 is 17.6 Å². The molecule has 3 rings (SSSR count). The predicted molar refractivity (Wildman–Crippen MR) is 122 cm³/mol. The van der Waals surface area contributed by atoms with E-state index in [-0.39, 0.29) is 42.5 Å². The molecule has 3 aromatic carbocycles. The lowest BCUT2D eigenvalue weighted by Gasteiger charge is -2.11. The van der Waals surface area contributed by atoms with Crippen molar-refractivity contribution < 1.29 is 27.6 Å². The van der Waals surface area contributed by atoms with Crippen LogP contribution < -0.4 is 16.0 Å². The Balaban J connectivity index is 1.50. The molecule has 0 atom stereocenters. The minimum Gasteiger partial charge on any atom is -0.355 e. The lowest BCUT2D eigenvalue weighted by molar-refractivity contribution is -0.137. The third-order valence-electron chi connectivity index (χ3n) is 4.74. The summed E-state index contributed by atoms with van der Waals surface area (Å²) in [6.07, 6.45) is -4.28. The number of nitrogens with one attached hydrogen (secondary N) is 3. The second-order valence-corrected chi connectivity index (χ2v) is 7.42. The zero-order valence-electron chi connectivity index (χ0n) is 18.0. The molecule has 9 heteroatoms. The molecular formula is C25H22F3N3O3. The summed E-state index contributed by atoms with van der Waals surface area (Å²) < 4.78 is 38.6. The number of anilines is 2. The van der Waals surface area contributed by atoms with E-state index in [1.165, 1.54) is 30.3 Å². The highest BCUT2D eigenvalue weighted by Gasteiger charge is 2.30. The van der Waals surface area contributed by atoms with Gasteiger partial charge >= 0.3 is 6.18 Å². The summed E-state index contributed by atoms with van der Waals surface area (Å²) in [5.41, 5.74) is 0.496. The molecule has 0 heterocycles. The van der Waals surface area contributed by atoms with E-state index >= 15 is 0 Å². The maximum Gasteiger partial charge on any atom is 0.416 e. The third kappa shape index (κ3) is 7.47. The Morgan fingerprint density at radius 1 is 0.735 bits per heavy atom. The van der Waals surface area contributed by atoms with Gasteiger partial charge in [-0.25, -0.2) is 0 Å². The molecule has 0 spiro atoms. The Kier molecular flexibility index (Phi) is 8.02. The summed E-state index contributed by atoms with van der Waals surface area (Å²) in [4.78, 5) is 36.6. The van der Waals surface area contributed by atoms with Crippen LogP contribution in [0.25, 0.3) is 0 Å². The molecule has 3 aromatic rings. The molecule has 0 aliphatic carbocycles. The lowest BCUT2D eigenvalue weighted by Crippen LogP contribution is -2.28. The van der Waals surface area contributed by atoms with Gasteiger partial charge in [0.2, 0.25) is 11.8 Å². The molecule has 34 heavy (non-hydrogen) atoms. The van der Waals surface area contributed by atoms with Gasteiger partial charge in [0, 0.05) is 29.9 Å². The van der Waals surface area contributed by atoms with E-state index in [1.807, 2.05) is 30.3 Å². The van der Waals surface area contributed by atoms with Gasteiger partial charge in [-0.3, -0.25) is 14.4 Å². The number of hydrogen-bond donors (Lipinski definition) is 3. The van der Waals surface area contributed by atoms with Crippen LogP contribution in [0.5, 0.6) is 0 Å².